The molecule has 0 saturated heterocycles. The van der Waals surface area contributed by atoms with Gasteiger partial charge < -0.3 is 5.32 Å². The Morgan fingerprint density at radius 1 is 1.17 bits per heavy atom. The molecule has 2 saturated carbocycles. The van der Waals surface area contributed by atoms with E-state index in [1.165, 1.54) is 19.3 Å². The van der Waals surface area contributed by atoms with Gasteiger partial charge in [0.25, 0.3) is 0 Å². The molecular weight excluding hydrogens is 225 g/mol. The molecule has 0 bridgehead atoms. The van der Waals surface area contributed by atoms with Gasteiger partial charge in [-0.1, -0.05) is 31.5 Å². The third kappa shape index (κ3) is 2.31. The summed E-state index contributed by atoms with van der Waals surface area (Å²) in [5, 5.41) is 3.76. The fourth-order valence-corrected chi connectivity index (χ4v) is 3.51. The van der Waals surface area contributed by atoms with Crippen molar-refractivity contribution in [1.82, 2.24) is 5.32 Å². The molecule has 0 spiro atoms. The Labute approximate surface area is 109 Å². The number of benzene rings is 1. The predicted molar refractivity (Wildman–Crippen MR) is 72.1 cm³/mol. The Bertz CT molecular complexity index is 411. The van der Waals surface area contributed by atoms with Crippen molar-refractivity contribution in [3.63, 3.8) is 0 Å². The maximum atomic E-state index is 13.6. The zero-order chi connectivity index (χ0) is 12.5. The van der Waals surface area contributed by atoms with Crippen molar-refractivity contribution in [2.24, 2.45) is 5.92 Å². The molecular formula is C16H22FN. The molecule has 0 aliphatic heterocycles. The van der Waals surface area contributed by atoms with E-state index < -0.39 is 0 Å². The highest BCUT2D eigenvalue weighted by Gasteiger charge is 2.34. The van der Waals surface area contributed by atoms with Gasteiger partial charge in [-0.25, -0.2) is 4.39 Å². The van der Waals surface area contributed by atoms with E-state index in [0.717, 1.165) is 24.3 Å². The highest BCUT2D eigenvalue weighted by Crippen LogP contribution is 2.39. The van der Waals surface area contributed by atoms with Crippen LogP contribution in [0.5, 0.6) is 0 Å². The summed E-state index contributed by atoms with van der Waals surface area (Å²) in [5.41, 5.74) is 0.912. The first-order valence-corrected chi connectivity index (χ1v) is 7.24. The monoisotopic (exact) mass is 247 g/mol. The third-order valence-corrected chi connectivity index (χ3v) is 4.79. The van der Waals surface area contributed by atoms with E-state index in [2.05, 4.69) is 12.2 Å². The van der Waals surface area contributed by atoms with E-state index in [4.69, 9.17) is 0 Å². The molecule has 1 aromatic rings. The second-order valence-electron chi connectivity index (χ2n) is 6.07. The minimum atomic E-state index is -0.0322. The van der Waals surface area contributed by atoms with Gasteiger partial charge in [-0.15, -0.1) is 0 Å². The lowest BCUT2D eigenvalue weighted by Gasteiger charge is -2.39. The van der Waals surface area contributed by atoms with Gasteiger partial charge in [0.1, 0.15) is 5.82 Å². The Morgan fingerprint density at radius 2 is 1.94 bits per heavy atom. The van der Waals surface area contributed by atoms with Crippen molar-refractivity contribution in [1.29, 1.82) is 0 Å². The molecule has 2 unspecified atom stereocenters. The minimum absolute atomic E-state index is 0.0322. The van der Waals surface area contributed by atoms with Crippen LogP contribution in [0.25, 0.3) is 0 Å². The van der Waals surface area contributed by atoms with Crippen LogP contribution >= 0.6 is 0 Å². The Kier molecular flexibility index (Phi) is 3.38. The van der Waals surface area contributed by atoms with Crippen molar-refractivity contribution in [2.75, 3.05) is 0 Å². The molecule has 2 heteroatoms. The summed E-state index contributed by atoms with van der Waals surface area (Å²) in [4.78, 5) is 0. The largest absolute Gasteiger partial charge is 0.311 e. The lowest BCUT2D eigenvalue weighted by molar-refractivity contribution is 0.244. The first kappa shape index (κ1) is 12.2. The lowest BCUT2D eigenvalue weighted by Crippen LogP contribution is -2.46. The van der Waals surface area contributed by atoms with Crippen LogP contribution in [0.3, 0.4) is 0 Å². The Morgan fingerprint density at radius 3 is 2.61 bits per heavy atom. The zero-order valence-corrected chi connectivity index (χ0v) is 11.0. The summed E-state index contributed by atoms with van der Waals surface area (Å²) in [6.45, 7) is 2.34. The van der Waals surface area contributed by atoms with Crippen molar-refractivity contribution in [2.45, 2.75) is 57.0 Å². The van der Waals surface area contributed by atoms with Gasteiger partial charge in [0.15, 0.2) is 0 Å². The van der Waals surface area contributed by atoms with Crippen LogP contribution in [0.4, 0.5) is 4.39 Å². The first-order chi connectivity index (χ1) is 8.74. The average molecular weight is 247 g/mol. The SMILES string of the molecule is CC1CCCC1NC1CC(c2ccccc2F)C1. The number of nitrogens with one attached hydrogen (secondary N) is 1. The molecule has 0 aromatic heterocycles. The van der Waals surface area contributed by atoms with Gasteiger partial charge in [0.2, 0.25) is 0 Å². The summed E-state index contributed by atoms with van der Waals surface area (Å²) in [6, 6.07) is 8.55. The van der Waals surface area contributed by atoms with Crippen molar-refractivity contribution >= 4 is 0 Å². The second-order valence-corrected chi connectivity index (χ2v) is 6.07. The topological polar surface area (TPSA) is 12.0 Å². The van der Waals surface area contributed by atoms with Gasteiger partial charge in [0, 0.05) is 12.1 Å². The standard InChI is InChI=1S/C16H22FN/c1-11-5-4-8-16(11)18-13-9-12(10-13)14-6-2-3-7-15(14)17/h2-3,6-7,11-13,16,18H,4-5,8-10H2,1H3. The van der Waals surface area contributed by atoms with E-state index in [1.807, 2.05) is 12.1 Å². The third-order valence-electron chi connectivity index (χ3n) is 4.79. The summed E-state index contributed by atoms with van der Waals surface area (Å²) < 4.78 is 13.6. The summed E-state index contributed by atoms with van der Waals surface area (Å²) >= 11 is 0. The second kappa shape index (κ2) is 5.00. The molecule has 2 aliphatic carbocycles. The van der Waals surface area contributed by atoms with Crippen LogP contribution in [0.15, 0.2) is 24.3 Å². The van der Waals surface area contributed by atoms with Gasteiger partial charge in [-0.2, -0.15) is 0 Å². The normalized spacial score (nSPS) is 35.4. The molecule has 1 N–H and O–H groups in total. The smallest absolute Gasteiger partial charge is 0.126 e. The van der Waals surface area contributed by atoms with Gasteiger partial charge >= 0.3 is 0 Å². The summed E-state index contributed by atoms with van der Waals surface area (Å²) in [5.74, 6) is 1.22. The highest BCUT2D eigenvalue weighted by molar-refractivity contribution is 5.24. The maximum absolute atomic E-state index is 13.6. The van der Waals surface area contributed by atoms with E-state index in [0.29, 0.717) is 18.0 Å². The molecule has 0 amide bonds. The van der Waals surface area contributed by atoms with E-state index in [-0.39, 0.29) is 5.82 Å². The molecule has 1 aromatic carbocycles. The fourth-order valence-electron chi connectivity index (χ4n) is 3.51. The van der Waals surface area contributed by atoms with Crippen LogP contribution in [0, 0.1) is 11.7 Å². The fraction of sp³-hybridized carbons (Fsp3) is 0.625. The molecule has 18 heavy (non-hydrogen) atoms. The Balaban J connectivity index is 1.53. The van der Waals surface area contributed by atoms with Crippen LogP contribution in [0.2, 0.25) is 0 Å². The quantitative estimate of drug-likeness (QED) is 0.855. The molecule has 2 aliphatic rings. The molecule has 3 rings (SSSR count). The molecule has 2 fully saturated rings. The highest BCUT2D eigenvalue weighted by atomic mass is 19.1. The molecule has 0 heterocycles. The summed E-state index contributed by atoms with van der Waals surface area (Å²) in [6.07, 6.45) is 6.25. The average Bonchev–Trinajstić information content (AvgIpc) is 2.70. The van der Waals surface area contributed by atoms with Crippen molar-refractivity contribution in [3.05, 3.63) is 35.6 Å². The van der Waals surface area contributed by atoms with Crippen LogP contribution < -0.4 is 5.32 Å². The first-order valence-electron chi connectivity index (χ1n) is 7.24. The van der Waals surface area contributed by atoms with Crippen molar-refractivity contribution in [3.8, 4) is 0 Å². The number of hydrogen-bond donors (Lipinski definition) is 1. The van der Waals surface area contributed by atoms with Gasteiger partial charge in [-0.3, -0.25) is 0 Å². The number of hydrogen-bond acceptors (Lipinski definition) is 1. The molecule has 1 nitrogen and oxygen atoms in total. The lowest BCUT2D eigenvalue weighted by atomic mass is 9.75. The predicted octanol–water partition coefficient (Wildman–Crippen LogP) is 3.85. The van der Waals surface area contributed by atoms with Crippen LogP contribution in [-0.2, 0) is 0 Å². The summed E-state index contributed by atoms with van der Waals surface area (Å²) in [7, 11) is 0. The van der Waals surface area contributed by atoms with Gasteiger partial charge in [-0.05, 0) is 49.1 Å². The van der Waals surface area contributed by atoms with Crippen molar-refractivity contribution < 1.29 is 4.39 Å². The van der Waals surface area contributed by atoms with E-state index in [9.17, 15) is 4.39 Å². The van der Waals surface area contributed by atoms with Crippen LogP contribution in [-0.4, -0.2) is 12.1 Å². The minimum Gasteiger partial charge on any atom is -0.311 e. The van der Waals surface area contributed by atoms with Gasteiger partial charge in [0.05, 0.1) is 0 Å². The molecule has 98 valence electrons. The Hall–Kier alpha value is -0.890. The van der Waals surface area contributed by atoms with Crippen LogP contribution in [0.1, 0.15) is 50.5 Å². The maximum Gasteiger partial charge on any atom is 0.126 e. The van der Waals surface area contributed by atoms with E-state index >= 15 is 0 Å². The number of halogens is 1. The van der Waals surface area contributed by atoms with E-state index in [1.54, 1.807) is 12.1 Å². The molecule has 2 atom stereocenters. The zero-order valence-electron chi connectivity index (χ0n) is 11.0. The number of rotatable bonds is 3. The molecule has 0 radical (unpaired) electrons.